The molecule has 0 bridgehead atoms. The second kappa shape index (κ2) is 8.88. The first-order valence-corrected chi connectivity index (χ1v) is 3.56. The maximum Gasteiger partial charge on any atom is 0.0823 e. The molecule has 0 spiro atoms. The summed E-state index contributed by atoms with van der Waals surface area (Å²) in [6, 6.07) is 0. The van der Waals surface area contributed by atoms with Gasteiger partial charge in [0.2, 0.25) is 0 Å². The van der Waals surface area contributed by atoms with Crippen LogP contribution in [0.15, 0.2) is 0 Å². The minimum atomic E-state index is 0.00758. The molecule has 0 aromatic heterocycles. The fourth-order valence-electron chi connectivity index (χ4n) is 0.551. The summed E-state index contributed by atoms with van der Waals surface area (Å²) in [4.78, 5) is 0. The van der Waals surface area contributed by atoms with Gasteiger partial charge in [0.15, 0.2) is 0 Å². The molecule has 0 unspecified atom stereocenters. The second-order valence-electron chi connectivity index (χ2n) is 2.02. The minimum absolute atomic E-state index is 0.00758. The summed E-state index contributed by atoms with van der Waals surface area (Å²) in [5.74, 6) is 0. The first-order chi connectivity index (χ1) is 4.91. The van der Waals surface area contributed by atoms with E-state index in [-0.39, 0.29) is 6.61 Å². The lowest BCUT2D eigenvalue weighted by molar-refractivity contribution is 0.0650. The molecule has 0 heterocycles. The Kier molecular flexibility index (Phi) is 8.77. The molecule has 0 aromatic rings. The predicted octanol–water partition coefficient (Wildman–Crippen LogP) is 0.860. The molecule has 1 radical (unpaired) electrons. The van der Waals surface area contributed by atoms with Crippen molar-refractivity contribution in [3.8, 4) is 0 Å². The molecule has 0 aliphatic heterocycles. The molecular weight excluding hydrogens is 132 g/mol. The highest BCUT2D eigenvalue weighted by atomic mass is 16.5. The Morgan fingerprint density at radius 1 is 1.10 bits per heavy atom. The zero-order chi connectivity index (χ0) is 7.66. The Bertz CT molecular complexity index is 48.8. The van der Waals surface area contributed by atoms with Gasteiger partial charge in [-0.3, -0.25) is 0 Å². The summed E-state index contributed by atoms with van der Waals surface area (Å²) in [5.41, 5.74) is 0. The van der Waals surface area contributed by atoms with Crippen molar-refractivity contribution >= 4 is 0 Å². The van der Waals surface area contributed by atoms with Gasteiger partial charge in [-0.25, -0.2) is 5.11 Å². The highest BCUT2D eigenvalue weighted by Crippen LogP contribution is 1.87. The monoisotopic (exact) mass is 147 g/mol. The summed E-state index contributed by atoms with van der Waals surface area (Å²) < 4.78 is 9.87. The minimum Gasteiger partial charge on any atom is -0.382 e. The van der Waals surface area contributed by atoms with Crippen molar-refractivity contribution in [2.75, 3.05) is 33.5 Å². The second-order valence-corrected chi connectivity index (χ2v) is 2.02. The maximum atomic E-state index is 9.94. The number of rotatable bonds is 7. The smallest absolute Gasteiger partial charge is 0.0823 e. The number of unbranched alkanes of at least 4 members (excludes halogenated alkanes) is 1. The van der Waals surface area contributed by atoms with Crippen LogP contribution < -0.4 is 0 Å². The van der Waals surface area contributed by atoms with E-state index in [9.17, 15) is 5.11 Å². The summed E-state index contributed by atoms with van der Waals surface area (Å²) in [6.45, 7) is 1.96. The standard InChI is InChI=1S/C7H15O3/c1-9-6-7-10-5-3-2-4-8/h2-7H2,1H3. The van der Waals surface area contributed by atoms with Crippen molar-refractivity contribution in [2.24, 2.45) is 0 Å². The van der Waals surface area contributed by atoms with Gasteiger partial charge in [-0.2, -0.15) is 0 Å². The van der Waals surface area contributed by atoms with Crippen molar-refractivity contribution in [1.29, 1.82) is 0 Å². The van der Waals surface area contributed by atoms with Crippen LogP contribution in [-0.2, 0) is 14.6 Å². The molecule has 0 atom stereocenters. The van der Waals surface area contributed by atoms with Crippen LogP contribution in [0.2, 0.25) is 0 Å². The highest BCUT2D eigenvalue weighted by molar-refractivity contribution is 4.35. The SMILES string of the molecule is COCCOCCCC[O]. The molecular formula is C7H15O3. The van der Waals surface area contributed by atoms with E-state index in [1.54, 1.807) is 7.11 Å². The van der Waals surface area contributed by atoms with Gasteiger partial charge in [0.1, 0.15) is 0 Å². The molecule has 0 aromatic carbocycles. The lowest BCUT2D eigenvalue weighted by Gasteiger charge is -2.00. The molecule has 0 fully saturated rings. The van der Waals surface area contributed by atoms with E-state index in [1.165, 1.54) is 0 Å². The first kappa shape index (κ1) is 9.88. The van der Waals surface area contributed by atoms with Gasteiger partial charge in [-0.1, -0.05) is 0 Å². The van der Waals surface area contributed by atoms with Gasteiger partial charge < -0.3 is 9.47 Å². The van der Waals surface area contributed by atoms with E-state index in [1.807, 2.05) is 0 Å². The average molecular weight is 147 g/mol. The van der Waals surface area contributed by atoms with Gasteiger partial charge in [0, 0.05) is 13.7 Å². The summed E-state index contributed by atoms with van der Waals surface area (Å²) in [6.07, 6.45) is 1.58. The Balaban J connectivity index is 2.65. The number of ether oxygens (including phenoxy) is 2. The van der Waals surface area contributed by atoms with E-state index in [2.05, 4.69) is 0 Å². The van der Waals surface area contributed by atoms with Crippen molar-refractivity contribution < 1.29 is 14.6 Å². The van der Waals surface area contributed by atoms with E-state index in [4.69, 9.17) is 9.47 Å². The Morgan fingerprint density at radius 2 is 1.90 bits per heavy atom. The zero-order valence-electron chi connectivity index (χ0n) is 6.47. The fraction of sp³-hybridized carbons (Fsp3) is 1.00. The van der Waals surface area contributed by atoms with Gasteiger partial charge in [0.05, 0.1) is 19.8 Å². The van der Waals surface area contributed by atoms with Gasteiger partial charge in [-0.05, 0) is 12.8 Å². The molecule has 10 heavy (non-hydrogen) atoms. The zero-order valence-corrected chi connectivity index (χ0v) is 6.47. The molecule has 0 saturated heterocycles. The van der Waals surface area contributed by atoms with Crippen LogP contribution in [0.1, 0.15) is 12.8 Å². The Labute approximate surface area is 62.0 Å². The molecule has 3 heteroatoms. The first-order valence-electron chi connectivity index (χ1n) is 3.56. The van der Waals surface area contributed by atoms with E-state index < -0.39 is 0 Å². The molecule has 0 saturated carbocycles. The molecule has 0 rings (SSSR count). The average Bonchev–Trinajstić information content (AvgIpc) is 1.97. The quantitative estimate of drug-likeness (QED) is 0.501. The third-order valence-electron chi connectivity index (χ3n) is 1.11. The summed E-state index contributed by atoms with van der Waals surface area (Å²) in [5, 5.41) is 9.94. The van der Waals surface area contributed by atoms with Gasteiger partial charge in [0.25, 0.3) is 0 Å². The highest BCUT2D eigenvalue weighted by Gasteiger charge is 1.87. The molecule has 3 nitrogen and oxygen atoms in total. The maximum absolute atomic E-state index is 9.94. The number of hydrogen-bond acceptors (Lipinski definition) is 2. The summed E-state index contributed by atoms with van der Waals surface area (Å²) >= 11 is 0. The predicted molar refractivity (Wildman–Crippen MR) is 37.5 cm³/mol. The van der Waals surface area contributed by atoms with Crippen molar-refractivity contribution in [3.05, 3.63) is 0 Å². The molecule has 0 aliphatic carbocycles. The van der Waals surface area contributed by atoms with Crippen LogP contribution in [0.3, 0.4) is 0 Å². The van der Waals surface area contributed by atoms with Gasteiger partial charge in [-0.15, -0.1) is 0 Å². The van der Waals surface area contributed by atoms with Crippen molar-refractivity contribution in [1.82, 2.24) is 0 Å². The van der Waals surface area contributed by atoms with Crippen LogP contribution in [-0.4, -0.2) is 33.5 Å². The van der Waals surface area contributed by atoms with E-state index >= 15 is 0 Å². The lowest BCUT2D eigenvalue weighted by Crippen LogP contribution is -2.03. The van der Waals surface area contributed by atoms with Crippen LogP contribution in [0, 0.1) is 0 Å². The molecule has 0 aliphatic rings. The Hall–Kier alpha value is -0.120. The van der Waals surface area contributed by atoms with Crippen molar-refractivity contribution in [3.63, 3.8) is 0 Å². The number of methoxy groups -OCH3 is 1. The topological polar surface area (TPSA) is 38.4 Å². The third kappa shape index (κ3) is 7.88. The van der Waals surface area contributed by atoms with Crippen LogP contribution in [0.5, 0.6) is 0 Å². The van der Waals surface area contributed by atoms with Crippen LogP contribution >= 0.6 is 0 Å². The van der Waals surface area contributed by atoms with E-state index in [0.29, 0.717) is 26.2 Å². The third-order valence-corrected chi connectivity index (χ3v) is 1.11. The van der Waals surface area contributed by atoms with Crippen molar-refractivity contribution in [2.45, 2.75) is 12.8 Å². The normalized spacial score (nSPS) is 10.2. The largest absolute Gasteiger partial charge is 0.382 e. The lowest BCUT2D eigenvalue weighted by atomic mass is 10.3. The molecule has 0 amide bonds. The number of hydrogen-bond donors (Lipinski definition) is 0. The van der Waals surface area contributed by atoms with Gasteiger partial charge >= 0.3 is 0 Å². The van der Waals surface area contributed by atoms with Crippen LogP contribution in [0.4, 0.5) is 0 Å². The fourth-order valence-corrected chi connectivity index (χ4v) is 0.551. The summed E-state index contributed by atoms with van der Waals surface area (Å²) in [7, 11) is 1.64. The van der Waals surface area contributed by atoms with E-state index in [0.717, 1.165) is 6.42 Å². The Morgan fingerprint density at radius 3 is 2.50 bits per heavy atom. The molecule has 61 valence electrons. The van der Waals surface area contributed by atoms with Crippen LogP contribution in [0.25, 0.3) is 0 Å². The molecule has 0 N–H and O–H groups in total.